The molecular formula is C18H29Cl2FN2O2. The van der Waals surface area contributed by atoms with E-state index in [0.717, 1.165) is 37.8 Å². The largest absolute Gasteiger partial charge is 0.387 e. The first-order valence-corrected chi connectivity index (χ1v) is 8.73. The molecule has 1 saturated carbocycles. The van der Waals surface area contributed by atoms with Gasteiger partial charge >= 0.3 is 0 Å². The number of rotatable bonds is 5. The van der Waals surface area contributed by atoms with Crippen LogP contribution in [0.2, 0.25) is 0 Å². The van der Waals surface area contributed by atoms with E-state index in [2.05, 4.69) is 10.3 Å². The molecule has 0 unspecified atom stereocenters. The topological polar surface area (TPSA) is 54.4 Å². The van der Waals surface area contributed by atoms with E-state index in [4.69, 9.17) is 4.74 Å². The summed E-state index contributed by atoms with van der Waals surface area (Å²) in [5, 5.41) is 14.0. The molecule has 0 bridgehead atoms. The molecule has 0 aromatic carbocycles. The number of aliphatic hydroxyl groups excluding tert-OH is 1. The average molecular weight is 395 g/mol. The minimum atomic E-state index is -0.688. The van der Waals surface area contributed by atoms with Gasteiger partial charge in [-0.1, -0.05) is 0 Å². The van der Waals surface area contributed by atoms with Crippen LogP contribution in [0.25, 0.3) is 0 Å². The Morgan fingerprint density at radius 1 is 1.20 bits per heavy atom. The monoisotopic (exact) mass is 394 g/mol. The van der Waals surface area contributed by atoms with Gasteiger partial charge in [0.2, 0.25) is 0 Å². The van der Waals surface area contributed by atoms with E-state index in [1.807, 2.05) is 0 Å². The van der Waals surface area contributed by atoms with Gasteiger partial charge in [-0.3, -0.25) is 4.98 Å². The number of hydrogen-bond donors (Lipinski definition) is 2. The van der Waals surface area contributed by atoms with Crippen molar-refractivity contribution in [3.63, 3.8) is 0 Å². The van der Waals surface area contributed by atoms with E-state index in [1.165, 1.54) is 25.3 Å². The Morgan fingerprint density at radius 3 is 2.56 bits per heavy atom. The molecule has 0 amide bonds. The predicted octanol–water partition coefficient (Wildman–Crippen LogP) is 3.81. The van der Waals surface area contributed by atoms with Gasteiger partial charge in [-0.2, -0.15) is 0 Å². The number of methoxy groups -OCH3 is 1. The first kappa shape index (κ1) is 22.6. The highest BCUT2D eigenvalue weighted by Crippen LogP contribution is 2.33. The Hall–Kier alpha value is -0.460. The van der Waals surface area contributed by atoms with Crippen molar-refractivity contribution in [3.05, 3.63) is 29.8 Å². The highest BCUT2D eigenvalue weighted by Gasteiger charge is 2.32. The van der Waals surface area contributed by atoms with Crippen LogP contribution < -0.4 is 5.32 Å². The first-order valence-electron chi connectivity index (χ1n) is 8.73. The van der Waals surface area contributed by atoms with Crippen LogP contribution in [0.4, 0.5) is 4.39 Å². The second kappa shape index (κ2) is 10.6. The molecule has 2 N–H and O–H groups in total. The molecule has 0 spiro atoms. The van der Waals surface area contributed by atoms with Crippen LogP contribution in [-0.4, -0.2) is 35.4 Å². The Morgan fingerprint density at radius 2 is 1.92 bits per heavy atom. The van der Waals surface area contributed by atoms with E-state index in [-0.39, 0.29) is 30.9 Å². The maximum atomic E-state index is 13.3. The number of aromatic nitrogens is 1. The highest BCUT2D eigenvalue weighted by atomic mass is 35.5. The zero-order valence-electron chi connectivity index (χ0n) is 14.6. The summed E-state index contributed by atoms with van der Waals surface area (Å²) in [6.45, 7) is 0. The molecule has 1 aromatic heterocycles. The third-order valence-electron chi connectivity index (χ3n) is 5.47. The van der Waals surface area contributed by atoms with Crippen molar-refractivity contribution in [2.45, 2.75) is 69.2 Å². The van der Waals surface area contributed by atoms with Gasteiger partial charge in [0.05, 0.1) is 18.4 Å². The third kappa shape index (κ3) is 6.04. The summed E-state index contributed by atoms with van der Waals surface area (Å²) in [7, 11) is 1.80. The lowest BCUT2D eigenvalue weighted by Gasteiger charge is -2.29. The quantitative estimate of drug-likeness (QED) is 0.796. The maximum absolute atomic E-state index is 13.3. The van der Waals surface area contributed by atoms with Crippen molar-refractivity contribution < 1.29 is 14.2 Å². The van der Waals surface area contributed by atoms with Gasteiger partial charge in [0.25, 0.3) is 0 Å². The van der Waals surface area contributed by atoms with Crippen LogP contribution in [0, 0.1) is 11.7 Å². The minimum absolute atomic E-state index is 0. The van der Waals surface area contributed by atoms with Crippen molar-refractivity contribution >= 4 is 24.8 Å². The molecule has 2 aliphatic rings. The first-order chi connectivity index (χ1) is 11.2. The number of nitrogens with zero attached hydrogens (tertiary/aromatic N) is 1. The lowest BCUT2D eigenvalue weighted by molar-refractivity contribution is 0.0538. The van der Waals surface area contributed by atoms with Gasteiger partial charge in [-0.25, -0.2) is 4.39 Å². The molecule has 3 rings (SSSR count). The highest BCUT2D eigenvalue weighted by molar-refractivity contribution is 5.85. The summed E-state index contributed by atoms with van der Waals surface area (Å²) in [5.41, 5.74) is 0.559. The fourth-order valence-electron chi connectivity index (χ4n) is 4.11. The predicted molar refractivity (Wildman–Crippen MR) is 101 cm³/mol. The number of aliphatic hydroxyl groups is 1. The fraction of sp³-hybridized carbons (Fsp3) is 0.722. The standard InChI is InChI=1S/C18H27FN2O2.2ClH/c1-23-16-5-2-12(3-6-16)8-15-4-7-17(21-15)18(22)13-9-14(19)11-20-10-13;;/h9-12,15-18,21-22H,2-8H2,1H3;2*1H/t12?,15-,16?,17+,18+;;/m0../s1. The molecule has 1 aliphatic carbocycles. The van der Waals surface area contributed by atoms with Gasteiger partial charge in [0.1, 0.15) is 5.82 Å². The molecule has 2 fully saturated rings. The van der Waals surface area contributed by atoms with E-state index in [1.54, 1.807) is 13.3 Å². The van der Waals surface area contributed by atoms with E-state index >= 15 is 0 Å². The molecule has 4 nitrogen and oxygen atoms in total. The molecule has 1 aliphatic heterocycles. The minimum Gasteiger partial charge on any atom is -0.387 e. The Kier molecular flexibility index (Phi) is 9.60. The van der Waals surface area contributed by atoms with Gasteiger partial charge in [0.15, 0.2) is 0 Å². The van der Waals surface area contributed by atoms with Crippen molar-refractivity contribution in [2.24, 2.45) is 5.92 Å². The number of nitrogens with one attached hydrogen (secondary N) is 1. The van der Waals surface area contributed by atoms with Crippen molar-refractivity contribution in [1.82, 2.24) is 10.3 Å². The summed E-state index contributed by atoms with van der Waals surface area (Å²) < 4.78 is 18.7. The molecule has 144 valence electrons. The Balaban J connectivity index is 0.00000156. The molecule has 1 aromatic rings. The van der Waals surface area contributed by atoms with Crippen LogP contribution in [-0.2, 0) is 4.74 Å². The van der Waals surface area contributed by atoms with E-state index in [0.29, 0.717) is 17.7 Å². The van der Waals surface area contributed by atoms with Crippen LogP contribution in [0.15, 0.2) is 18.5 Å². The maximum Gasteiger partial charge on any atom is 0.141 e. The molecule has 7 heteroatoms. The molecule has 1 saturated heterocycles. The number of halogens is 3. The van der Waals surface area contributed by atoms with Crippen molar-refractivity contribution in [2.75, 3.05) is 7.11 Å². The second-order valence-electron chi connectivity index (χ2n) is 7.04. The summed E-state index contributed by atoms with van der Waals surface area (Å²) in [4.78, 5) is 3.83. The van der Waals surface area contributed by atoms with Crippen LogP contribution in [0.5, 0.6) is 0 Å². The smallest absolute Gasteiger partial charge is 0.141 e. The van der Waals surface area contributed by atoms with Gasteiger partial charge in [-0.15, -0.1) is 24.8 Å². The second-order valence-corrected chi connectivity index (χ2v) is 7.04. The van der Waals surface area contributed by atoms with Crippen LogP contribution in [0.1, 0.15) is 56.6 Å². The van der Waals surface area contributed by atoms with Crippen molar-refractivity contribution in [1.29, 1.82) is 0 Å². The molecule has 3 atom stereocenters. The van der Waals surface area contributed by atoms with Gasteiger partial charge in [0, 0.05) is 31.0 Å². The summed E-state index contributed by atoms with van der Waals surface area (Å²) in [5.74, 6) is 0.358. The lowest BCUT2D eigenvalue weighted by Crippen LogP contribution is -2.35. The van der Waals surface area contributed by atoms with Gasteiger partial charge < -0.3 is 15.2 Å². The van der Waals surface area contributed by atoms with Crippen LogP contribution in [0.3, 0.4) is 0 Å². The SMILES string of the molecule is COC1CCC(C[C@@H]2CC[C@H]([C@H](O)c3cncc(F)c3)N2)CC1.Cl.Cl. The Bertz CT molecular complexity index is 516. The molecule has 0 radical (unpaired) electrons. The van der Waals surface area contributed by atoms with Gasteiger partial charge in [-0.05, 0) is 56.9 Å². The Labute approximate surface area is 161 Å². The number of pyridine rings is 1. The zero-order chi connectivity index (χ0) is 16.2. The molecule has 2 heterocycles. The lowest BCUT2D eigenvalue weighted by atomic mass is 9.83. The third-order valence-corrected chi connectivity index (χ3v) is 5.47. The zero-order valence-corrected chi connectivity index (χ0v) is 16.2. The van der Waals surface area contributed by atoms with E-state index < -0.39 is 11.9 Å². The number of hydrogen-bond acceptors (Lipinski definition) is 4. The number of ether oxygens (including phenoxy) is 1. The van der Waals surface area contributed by atoms with Crippen LogP contribution >= 0.6 is 24.8 Å². The normalized spacial score (nSPS) is 30.2. The molecule has 25 heavy (non-hydrogen) atoms. The van der Waals surface area contributed by atoms with E-state index in [9.17, 15) is 9.50 Å². The average Bonchev–Trinajstić information content (AvgIpc) is 3.03. The molecular weight excluding hydrogens is 366 g/mol. The fourth-order valence-corrected chi connectivity index (χ4v) is 4.11. The summed E-state index contributed by atoms with van der Waals surface area (Å²) >= 11 is 0. The summed E-state index contributed by atoms with van der Waals surface area (Å²) in [6, 6.07) is 1.83. The summed E-state index contributed by atoms with van der Waals surface area (Å²) in [6.07, 6.45) is 10.4. The van der Waals surface area contributed by atoms with Crippen molar-refractivity contribution in [3.8, 4) is 0 Å².